The first kappa shape index (κ1) is 23.0. The minimum Gasteiger partial charge on any atom is -0.369 e. The van der Waals surface area contributed by atoms with Crippen LogP contribution in [-0.4, -0.2) is 44.2 Å². The smallest absolute Gasteiger partial charge is 0.123 e. The Kier molecular flexibility index (Phi) is 7.63. The maximum Gasteiger partial charge on any atom is 0.123 e. The molecule has 1 fully saturated rings. The fraction of sp³-hybridized carbons (Fsp3) is 0.280. The van der Waals surface area contributed by atoms with Crippen LogP contribution < -0.4 is 4.90 Å². The van der Waals surface area contributed by atoms with Crippen LogP contribution in [0.1, 0.15) is 17.2 Å². The van der Waals surface area contributed by atoms with Gasteiger partial charge < -0.3 is 9.64 Å². The Labute approximate surface area is 197 Å². The first-order valence-corrected chi connectivity index (χ1v) is 11.3. The second-order valence-corrected chi connectivity index (χ2v) is 8.60. The van der Waals surface area contributed by atoms with E-state index in [4.69, 9.17) is 27.9 Å². The summed E-state index contributed by atoms with van der Waals surface area (Å²) in [5.74, 6) is -0.599. The molecule has 0 atom stereocenters. The van der Waals surface area contributed by atoms with Gasteiger partial charge >= 0.3 is 0 Å². The van der Waals surface area contributed by atoms with Crippen LogP contribution in [0.3, 0.4) is 0 Å². The summed E-state index contributed by atoms with van der Waals surface area (Å²) < 4.78 is 33.0. The average molecular weight is 477 g/mol. The predicted octanol–water partition coefficient (Wildman–Crippen LogP) is 6.20. The third kappa shape index (κ3) is 5.78. The van der Waals surface area contributed by atoms with Crippen molar-refractivity contribution in [3.05, 3.63) is 99.5 Å². The third-order valence-electron chi connectivity index (χ3n) is 5.68. The second-order valence-electron chi connectivity index (χ2n) is 7.78. The normalized spacial score (nSPS) is 14.8. The molecule has 7 heteroatoms. The molecule has 4 rings (SSSR count). The Bertz CT molecular complexity index is 978. The molecule has 3 nitrogen and oxygen atoms in total. The lowest BCUT2D eigenvalue weighted by Crippen LogP contribution is -2.47. The maximum absolute atomic E-state index is 13.4. The lowest BCUT2D eigenvalue weighted by Gasteiger charge is -2.36. The van der Waals surface area contributed by atoms with Gasteiger partial charge in [-0.15, -0.1) is 0 Å². The van der Waals surface area contributed by atoms with E-state index in [0.29, 0.717) is 16.7 Å². The van der Waals surface area contributed by atoms with Crippen molar-refractivity contribution in [2.75, 3.05) is 44.2 Å². The van der Waals surface area contributed by atoms with Crippen molar-refractivity contribution in [1.29, 1.82) is 0 Å². The van der Waals surface area contributed by atoms with Crippen LogP contribution in [-0.2, 0) is 4.74 Å². The molecule has 1 heterocycles. The van der Waals surface area contributed by atoms with E-state index in [0.717, 1.165) is 49.5 Å². The van der Waals surface area contributed by atoms with E-state index >= 15 is 0 Å². The molecule has 0 saturated carbocycles. The van der Waals surface area contributed by atoms with E-state index in [1.54, 1.807) is 24.3 Å². The minimum atomic E-state index is -0.381. The number of rotatable bonds is 7. The first-order chi connectivity index (χ1) is 15.5. The van der Waals surface area contributed by atoms with Crippen molar-refractivity contribution in [2.45, 2.75) is 6.10 Å². The Morgan fingerprint density at radius 2 is 1.31 bits per heavy atom. The number of halogens is 4. The van der Waals surface area contributed by atoms with Crippen molar-refractivity contribution < 1.29 is 13.5 Å². The summed E-state index contributed by atoms with van der Waals surface area (Å²) in [6.45, 7) is 4.86. The molecule has 1 saturated heterocycles. The Morgan fingerprint density at radius 3 is 1.84 bits per heavy atom. The van der Waals surface area contributed by atoms with E-state index in [2.05, 4.69) is 9.80 Å². The fourth-order valence-electron chi connectivity index (χ4n) is 3.87. The summed E-state index contributed by atoms with van der Waals surface area (Å²) in [5, 5.41) is 1.12. The summed E-state index contributed by atoms with van der Waals surface area (Å²) in [6, 6.07) is 18.2. The maximum atomic E-state index is 13.4. The van der Waals surface area contributed by atoms with Crippen molar-refractivity contribution in [1.82, 2.24) is 4.90 Å². The topological polar surface area (TPSA) is 15.7 Å². The first-order valence-electron chi connectivity index (χ1n) is 10.5. The number of piperazine rings is 1. The van der Waals surface area contributed by atoms with Gasteiger partial charge in [-0.1, -0.05) is 47.5 Å². The number of ether oxygens (including phenoxy) is 1. The zero-order valence-corrected chi connectivity index (χ0v) is 19.0. The number of benzene rings is 3. The van der Waals surface area contributed by atoms with Crippen LogP contribution in [0.2, 0.25) is 10.0 Å². The van der Waals surface area contributed by atoms with E-state index in [9.17, 15) is 8.78 Å². The molecule has 0 unspecified atom stereocenters. The minimum absolute atomic E-state index is 0.300. The number of anilines is 1. The van der Waals surface area contributed by atoms with Gasteiger partial charge in [0.05, 0.1) is 16.7 Å². The predicted molar refractivity (Wildman–Crippen MR) is 126 cm³/mol. The zero-order chi connectivity index (χ0) is 22.5. The summed E-state index contributed by atoms with van der Waals surface area (Å²) in [5.41, 5.74) is 2.74. The van der Waals surface area contributed by atoms with Gasteiger partial charge in [-0.3, -0.25) is 4.90 Å². The molecule has 0 radical (unpaired) electrons. The highest BCUT2D eigenvalue weighted by Gasteiger charge is 2.20. The largest absolute Gasteiger partial charge is 0.369 e. The van der Waals surface area contributed by atoms with E-state index in [-0.39, 0.29) is 17.7 Å². The van der Waals surface area contributed by atoms with Crippen molar-refractivity contribution >= 4 is 28.9 Å². The molecule has 3 aromatic rings. The standard InChI is InChI=1S/C25H24Cl2F2N2O/c26-23-10-9-22(17-24(23)27)31-13-11-30(12-14-31)15-16-32-25(18-1-5-20(28)6-2-18)19-3-7-21(29)8-4-19/h1-10,17,25H,11-16H2. The van der Waals surface area contributed by atoms with Crippen LogP contribution in [0.25, 0.3) is 0 Å². The van der Waals surface area contributed by atoms with Gasteiger partial charge in [-0.25, -0.2) is 8.78 Å². The van der Waals surface area contributed by atoms with Gasteiger partial charge in [-0.05, 0) is 53.6 Å². The molecule has 0 spiro atoms. The monoisotopic (exact) mass is 476 g/mol. The van der Waals surface area contributed by atoms with Crippen molar-refractivity contribution in [3.63, 3.8) is 0 Å². The molecule has 0 amide bonds. The molecular formula is C25H24Cl2F2N2O. The summed E-state index contributed by atoms with van der Waals surface area (Å²) >= 11 is 12.2. The summed E-state index contributed by atoms with van der Waals surface area (Å²) in [4.78, 5) is 4.64. The number of hydrogen-bond donors (Lipinski definition) is 0. The van der Waals surface area contributed by atoms with Crippen molar-refractivity contribution in [2.24, 2.45) is 0 Å². The highest BCUT2D eigenvalue weighted by atomic mass is 35.5. The Balaban J connectivity index is 1.33. The van der Waals surface area contributed by atoms with Gasteiger partial charge in [-0.2, -0.15) is 0 Å². The Hall–Kier alpha value is -2.18. The van der Waals surface area contributed by atoms with Crippen LogP contribution in [0.15, 0.2) is 66.7 Å². The van der Waals surface area contributed by atoms with Crippen LogP contribution in [0.4, 0.5) is 14.5 Å². The van der Waals surface area contributed by atoms with E-state index in [1.807, 2.05) is 18.2 Å². The molecule has 0 bridgehead atoms. The van der Waals surface area contributed by atoms with Gasteiger partial charge in [0, 0.05) is 38.4 Å². The molecule has 0 aliphatic carbocycles. The van der Waals surface area contributed by atoms with E-state index < -0.39 is 0 Å². The zero-order valence-electron chi connectivity index (χ0n) is 17.5. The molecule has 168 valence electrons. The summed E-state index contributed by atoms with van der Waals surface area (Å²) in [6.07, 6.45) is -0.381. The molecule has 1 aliphatic heterocycles. The summed E-state index contributed by atoms with van der Waals surface area (Å²) in [7, 11) is 0. The number of nitrogens with zero attached hydrogens (tertiary/aromatic N) is 2. The van der Waals surface area contributed by atoms with Crippen LogP contribution in [0.5, 0.6) is 0 Å². The average Bonchev–Trinajstić information content (AvgIpc) is 2.81. The quantitative estimate of drug-likeness (QED) is 0.403. The Morgan fingerprint density at radius 1 is 0.750 bits per heavy atom. The van der Waals surface area contributed by atoms with Gasteiger partial charge in [0.25, 0.3) is 0 Å². The lowest BCUT2D eigenvalue weighted by atomic mass is 10.0. The number of hydrogen-bond acceptors (Lipinski definition) is 3. The molecule has 3 aromatic carbocycles. The molecule has 1 aliphatic rings. The molecule has 0 N–H and O–H groups in total. The molecular weight excluding hydrogens is 453 g/mol. The second kappa shape index (κ2) is 10.6. The lowest BCUT2D eigenvalue weighted by molar-refractivity contribution is 0.0586. The molecule has 32 heavy (non-hydrogen) atoms. The van der Waals surface area contributed by atoms with Crippen molar-refractivity contribution in [3.8, 4) is 0 Å². The van der Waals surface area contributed by atoms with Crippen LogP contribution in [0, 0.1) is 11.6 Å². The highest BCUT2D eigenvalue weighted by molar-refractivity contribution is 6.42. The van der Waals surface area contributed by atoms with Gasteiger partial charge in [0.2, 0.25) is 0 Å². The molecule has 0 aromatic heterocycles. The van der Waals surface area contributed by atoms with Gasteiger partial charge in [0.1, 0.15) is 17.7 Å². The van der Waals surface area contributed by atoms with Crippen LogP contribution >= 0.6 is 23.2 Å². The highest BCUT2D eigenvalue weighted by Crippen LogP contribution is 2.28. The van der Waals surface area contributed by atoms with E-state index in [1.165, 1.54) is 24.3 Å². The third-order valence-corrected chi connectivity index (χ3v) is 6.42. The fourth-order valence-corrected chi connectivity index (χ4v) is 4.16. The van der Waals surface area contributed by atoms with Gasteiger partial charge in [0.15, 0.2) is 0 Å². The SMILES string of the molecule is Fc1ccc(C(OCCN2CCN(c3ccc(Cl)c(Cl)c3)CC2)c2ccc(F)cc2)cc1.